The van der Waals surface area contributed by atoms with E-state index in [1.165, 1.54) is 26.4 Å². The third-order valence-electron chi connectivity index (χ3n) is 6.39. The van der Waals surface area contributed by atoms with Crippen LogP contribution in [0.25, 0.3) is 0 Å². The molecule has 1 N–H and O–H groups in total. The Labute approximate surface area is 171 Å². The summed E-state index contributed by atoms with van der Waals surface area (Å²) >= 11 is 0. The fourth-order valence-electron chi connectivity index (χ4n) is 4.46. The smallest absolute Gasteiger partial charge is 0.256 e. The predicted octanol–water partition coefficient (Wildman–Crippen LogP) is 1.06. The number of nitrogens with zero attached hydrogens (tertiary/aromatic N) is 3. The van der Waals surface area contributed by atoms with E-state index >= 15 is 0 Å². The summed E-state index contributed by atoms with van der Waals surface area (Å²) in [5, 5.41) is 2.89. The summed E-state index contributed by atoms with van der Waals surface area (Å²) in [6.45, 7) is 3.10. The molecule has 0 spiro atoms. The molecular formula is C21H30N4O4. The zero-order valence-corrected chi connectivity index (χ0v) is 17.0. The highest BCUT2D eigenvalue weighted by molar-refractivity contribution is 5.96. The molecule has 3 aliphatic rings. The molecule has 1 saturated carbocycles. The second-order valence-electron chi connectivity index (χ2n) is 8.10. The summed E-state index contributed by atoms with van der Waals surface area (Å²) in [5.41, 5.74) is 0.391. The maximum Gasteiger partial charge on any atom is 0.256 e. The Hall–Kier alpha value is -2.19. The molecule has 0 radical (unpaired) electrons. The van der Waals surface area contributed by atoms with Gasteiger partial charge in [0.1, 0.15) is 12.2 Å². The number of rotatable bonds is 6. The first kappa shape index (κ1) is 20.1. The van der Waals surface area contributed by atoms with Crippen LogP contribution < -0.4 is 10.1 Å². The van der Waals surface area contributed by atoms with Gasteiger partial charge in [-0.1, -0.05) is 6.42 Å². The van der Waals surface area contributed by atoms with Crippen LogP contribution in [0.3, 0.4) is 0 Å². The fourth-order valence-corrected chi connectivity index (χ4v) is 4.46. The van der Waals surface area contributed by atoms with E-state index in [1.807, 2.05) is 4.90 Å². The Balaban J connectivity index is 1.28. The Bertz CT molecular complexity index is 731. The monoisotopic (exact) mass is 402 g/mol. The van der Waals surface area contributed by atoms with Crippen molar-refractivity contribution in [3.05, 3.63) is 23.9 Å². The van der Waals surface area contributed by atoms with Crippen LogP contribution in [0.15, 0.2) is 18.3 Å². The third kappa shape index (κ3) is 4.53. The molecule has 1 aliphatic carbocycles. The van der Waals surface area contributed by atoms with Gasteiger partial charge in [-0.15, -0.1) is 0 Å². The molecule has 1 atom stereocenters. The standard InChI is InChI=1S/C21H30N4O4/c1-28-21-18(6-3-9-22-21)20(27)23-12-17-13-25(19(26)14-29-17)16-7-10-24(11-8-16)15-4-2-5-15/h3,6,9,15-17H,2,4-5,7-8,10-14H2,1H3,(H,23,27)/t17-/m1/s1. The minimum Gasteiger partial charge on any atom is -0.480 e. The summed E-state index contributed by atoms with van der Waals surface area (Å²) in [5.74, 6) is 0.101. The van der Waals surface area contributed by atoms with Gasteiger partial charge in [0.15, 0.2) is 0 Å². The van der Waals surface area contributed by atoms with E-state index in [-0.39, 0.29) is 30.6 Å². The lowest BCUT2D eigenvalue weighted by Gasteiger charge is -2.45. The molecule has 4 rings (SSSR count). The van der Waals surface area contributed by atoms with E-state index in [1.54, 1.807) is 18.3 Å². The first-order valence-electron chi connectivity index (χ1n) is 10.6. The van der Waals surface area contributed by atoms with Crippen LogP contribution >= 0.6 is 0 Å². The van der Waals surface area contributed by atoms with Crippen LogP contribution in [0, 0.1) is 0 Å². The zero-order chi connectivity index (χ0) is 20.2. The lowest BCUT2D eigenvalue weighted by molar-refractivity contribution is -0.153. The van der Waals surface area contributed by atoms with Gasteiger partial charge >= 0.3 is 0 Å². The van der Waals surface area contributed by atoms with Gasteiger partial charge in [-0.3, -0.25) is 9.59 Å². The molecular weight excluding hydrogens is 372 g/mol. The van der Waals surface area contributed by atoms with Crippen LogP contribution in [0.2, 0.25) is 0 Å². The highest BCUT2D eigenvalue weighted by atomic mass is 16.5. The number of likely N-dealkylation sites (tertiary alicyclic amines) is 1. The number of hydrogen-bond acceptors (Lipinski definition) is 6. The molecule has 0 aromatic carbocycles. The van der Waals surface area contributed by atoms with Gasteiger partial charge in [-0.2, -0.15) is 0 Å². The zero-order valence-electron chi connectivity index (χ0n) is 17.0. The highest BCUT2D eigenvalue weighted by Gasteiger charge is 2.35. The highest BCUT2D eigenvalue weighted by Crippen LogP contribution is 2.29. The minimum atomic E-state index is -0.254. The average Bonchev–Trinajstić information content (AvgIpc) is 2.72. The van der Waals surface area contributed by atoms with Crippen molar-refractivity contribution in [2.45, 2.75) is 50.3 Å². The third-order valence-corrected chi connectivity index (χ3v) is 6.39. The van der Waals surface area contributed by atoms with E-state index in [2.05, 4.69) is 15.2 Å². The molecule has 3 heterocycles. The number of ether oxygens (including phenoxy) is 2. The van der Waals surface area contributed by atoms with Crippen molar-refractivity contribution in [2.75, 3.05) is 39.9 Å². The molecule has 0 bridgehead atoms. The van der Waals surface area contributed by atoms with Gasteiger partial charge in [-0.25, -0.2) is 4.98 Å². The average molecular weight is 402 g/mol. The molecule has 2 amide bonds. The van der Waals surface area contributed by atoms with Crippen LogP contribution in [-0.2, 0) is 9.53 Å². The van der Waals surface area contributed by atoms with Crippen LogP contribution in [0.5, 0.6) is 5.88 Å². The van der Waals surface area contributed by atoms with E-state index in [0.29, 0.717) is 24.5 Å². The van der Waals surface area contributed by atoms with Crippen molar-refractivity contribution in [3.63, 3.8) is 0 Å². The molecule has 158 valence electrons. The van der Waals surface area contributed by atoms with E-state index in [4.69, 9.17) is 9.47 Å². The van der Waals surface area contributed by atoms with Gasteiger partial charge in [-0.05, 0) is 37.8 Å². The number of piperidine rings is 1. The van der Waals surface area contributed by atoms with Gasteiger partial charge in [0.2, 0.25) is 11.8 Å². The molecule has 8 nitrogen and oxygen atoms in total. The minimum absolute atomic E-state index is 0.0589. The first-order valence-corrected chi connectivity index (χ1v) is 10.6. The number of morpholine rings is 1. The maximum atomic E-state index is 12.5. The van der Waals surface area contributed by atoms with Crippen molar-refractivity contribution < 1.29 is 19.1 Å². The molecule has 2 aliphatic heterocycles. The molecule has 1 aromatic rings. The van der Waals surface area contributed by atoms with Crippen molar-refractivity contribution in [3.8, 4) is 5.88 Å². The molecule has 0 unspecified atom stereocenters. The predicted molar refractivity (Wildman–Crippen MR) is 107 cm³/mol. The van der Waals surface area contributed by atoms with Gasteiger partial charge in [0, 0.05) is 44.5 Å². The number of methoxy groups -OCH3 is 1. The first-order chi connectivity index (χ1) is 14.2. The number of pyridine rings is 1. The maximum absolute atomic E-state index is 12.5. The Kier molecular flexibility index (Phi) is 6.30. The van der Waals surface area contributed by atoms with Gasteiger partial charge < -0.3 is 24.6 Å². The lowest BCUT2D eigenvalue weighted by atomic mass is 9.89. The number of nitrogens with one attached hydrogen (secondary N) is 1. The lowest BCUT2D eigenvalue weighted by Crippen LogP contribution is -2.57. The summed E-state index contributed by atoms with van der Waals surface area (Å²) in [4.78, 5) is 33.5. The topological polar surface area (TPSA) is 84.0 Å². The van der Waals surface area contributed by atoms with E-state index in [9.17, 15) is 9.59 Å². The number of hydrogen-bond donors (Lipinski definition) is 1. The largest absolute Gasteiger partial charge is 0.480 e. The van der Waals surface area contributed by atoms with Crippen molar-refractivity contribution in [1.29, 1.82) is 0 Å². The van der Waals surface area contributed by atoms with Crippen molar-refractivity contribution in [2.24, 2.45) is 0 Å². The molecule has 1 aromatic heterocycles. The summed E-state index contributed by atoms with van der Waals surface area (Å²) in [6.07, 6.45) is 7.42. The Morgan fingerprint density at radius 1 is 1.28 bits per heavy atom. The number of amides is 2. The summed E-state index contributed by atoms with van der Waals surface area (Å²) < 4.78 is 10.8. The summed E-state index contributed by atoms with van der Waals surface area (Å²) in [7, 11) is 1.49. The Morgan fingerprint density at radius 3 is 2.76 bits per heavy atom. The van der Waals surface area contributed by atoms with Crippen LogP contribution in [-0.4, -0.2) is 84.7 Å². The molecule has 3 fully saturated rings. The second kappa shape index (κ2) is 9.09. The Morgan fingerprint density at radius 2 is 2.07 bits per heavy atom. The van der Waals surface area contributed by atoms with Gasteiger partial charge in [0.05, 0.1) is 13.2 Å². The number of aromatic nitrogens is 1. The van der Waals surface area contributed by atoms with E-state index < -0.39 is 0 Å². The van der Waals surface area contributed by atoms with Crippen molar-refractivity contribution >= 4 is 11.8 Å². The summed E-state index contributed by atoms with van der Waals surface area (Å²) in [6, 6.07) is 4.42. The quantitative estimate of drug-likeness (QED) is 0.766. The second-order valence-corrected chi connectivity index (χ2v) is 8.10. The van der Waals surface area contributed by atoms with Crippen molar-refractivity contribution in [1.82, 2.24) is 20.1 Å². The van der Waals surface area contributed by atoms with E-state index in [0.717, 1.165) is 32.0 Å². The molecule has 29 heavy (non-hydrogen) atoms. The normalized spacial score (nSPS) is 24.2. The number of carbonyl (C=O) groups excluding carboxylic acids is 2. The molecule has 2 saturated heterocycles. The van der Waals surface area contributed by atoms with Crippen LogP contribution in [0.4, 0.5) is 0 Å². The van der Waals surface area contributed by atoms with Gasteiger partial charge in [0.25, 0.3) is 5.91 Å². The number of carbonyl (C=O) groups is 2. The fraction of sp³-hybridized carbons (Fsp3) is 0.667. The SMILES string of the molecule is COc1ncccc1C(=O)NC[C@@H]1CN(C2CCN(C3CCC3)CC2)C(=O)CO1. The van der Waals surface area contributed by atoms with Crippen LogP contribution in [0.1, 0.15) is 42.5 Å². The molecule has 8 heteroatoms.